The van der Waals surface area contributed by atoms with Crippen molar-refractivity contribution < 1.29 is 8.83 Å². The van der Waals surface area contributed by atoms with E-state index in [1.165, 1.54) is 59.2 Å². The summed E-state index contributed by atoms with van der Waals surface area (Å²) in [6.45, 7) is 0. The minimum absolute atomic E-state index is 0.855. The van der Waals surface area contributed by atoms with E-state index in [2.05, 4.69) is 310 Å². The Morgan fingerprint density at radius 1 is 0.239 bits per heavy atom. The molecule has 0 atom stereocenters. The van der Waals surface area contributed by atoms with Gasteiger partial charge in [-0.1, -0.05) is 206 Å². The molecule has 19 rings (SSSR count). The Morgan fingerprint density at radius 2 is 0.591 bits per heavy atom. The summed E-state index contributed by atoms with van der Waals surface area (Å²) in [5, 5.41) is 19.6. The molecule has 0 N–H and O–H groups in total. The maximum atomic E-state index is 6.52. The third kappa shape index (κ3) is 6.93. The predicted molar refractivity (Wildman–Crippen MR) is 370 cm³/mol. The number of nitrogens with zero attached hydrogens (tertiary/aromatic N) is 3. The number of fused-ring (bicyclic) bond motifs is 17. The maximum absolute atomic E-state index is 6.52. The van der Waals surface area contributed by atoms with Crippen LogP contribution in [0.2, 0.25) is 0 Å². The molecule has 5 aromatic heterocycles. The molecule has 0 aliphatic rings. The van der Waals surface area contributed by atoms with Crippen molar-refractivity contribution >= 4 is 154 Å². The molecule has 0 aliphatic heterocycles. The van der Waals surface area contributed by atoms with E-state index < -0.39 is 8.07 Å². The highest BCUT2D eigenvalue weighted by molar-refractivity contribution is 7.17. The van der Waals surface area contributed by atoms with E-state index in [1.807, 2.05) is 12.1 Å². The second-order valence-electron chi connectivity index (χ2n) is 23.3. The van der Waals surface area contributed by atoms with Crippen LogP contribution in [0.1, 0.15) is 5.56 Å². The number of benzene rings is 14. The molecule has 6 heteroatoms. The van der Waals surface area contributed by atoms with E-state index in [-0.39, 0.29) is 0 Å². The highest BCUT2D eigenvalue weighted by Gasteiger charge is 2.40. The molecule has 0 aliphatic carbocycles. The number of furan rings is 2. The molecule has 14 aromatic carbocycles. The van der Waals surface area contributed by atoms with Gasteiger partial charge in [-0.25, -0.2) is 0 Å². The Balaban J connectivity index is 0.896. The lowest BCUT2D eigenvalue weighted by atomic mass is 9.95. The number of para-hydroxylation sites is 6. The van der Waals surface area contributed by atoms with Crippen molar-refractivity contribution in [2.75, 3.05) is 0 Å². The van der Waals surface area contributed by atoms with E-state index >= 15 is 0 Å². The third-order valence-electron chi connectivity index (χ3n) is 18.7. The van der Waals surface area contributed by atoms with E-state index in [0.29, 0.717) is 0 Å². The molecule has 408 valence electrons. The molecule has 0 radical (unpaired) electrons. The lowest BCUT2D eigenvalue weighted by molar-refractivity contribution is 0.668. The standard InChI is InChI=1S/C82H49N3O2Si/c1-2-20-54(21-3-1)88(55-40-44-80-70(50-55)64-28-12-18-36-78(64)86-80,56-41-45-81-71(51-56)65-29-13-19-37-79(65)87-81)47-46-59-57-22-4-6-30-66(57)82(67-31-7-5-23-58(59)67)85-76-42-38-52(83-72-32-14-8-24-60(72)61-25-9-15-33-73(61)83)48-68(76)69-49-53(39-43-77(69)85)84-74-34-16-10-26-62(74)63-27-11-17-35-75(63)84/h1-45,48-51H. The van der Waals surface area contributed by atoms with E-state index in [1.54, 1.807) is 0 Å². The van der Waals surface area contributed by atoms with Crippen molar-refractivity contribution in [1.29, 1.82) is 0 Å². The highest BCUT2D eigenvalue weighted by atomic mass is 28.3. The fourth-order valence-electron chi connectivity index (χ4n) is 14.9. The van der Waals surface area contributed by atoms with Crippen LogP contribution in [0.15, 0.2) is 306 Å². The minimum Gasteiger partial charge on any atom is -0.456 e. The van der Waals surface area contributed by atoms with Gasteiger partial charge in [-0.2, -0.15) is 0 Å². The minimum atomic E-state index is -3.36. The van der Waals surface area contributed by atoms with Crippen molar-refractivity contribution in [3.05, 3.63) is 303 Å². The molecule has 88 heavy (non-hydrogen) atoms. The Bertz CT molecular complexity index is 5770. The average molecular weight is 1140 g/mol. The van der Waals surface area contributed by atoms with Crippen LogP contribution in [0.25, 0.3) is 148 Å². The molecule has 0 amide bonds. The molecule has 5 heterocycles. The van der Waals surface area contributed by atoms with Crippen LogP contribution >= 0.6 is 0 Å². The molecule has 0 saturated carbocycles. The summed E-state index contributed by atoms with van der Waals surface area (Å²) in [6.07, 6.45) is 0. The van der Waals surface area contributed by atoms with Crippen molar-refractivity contribution in [3.63, 3.8) is 0 Å². The first-order chi connectivity index (χ1) is 43.6. The number of rotatable bonds is 6. The van der Waals surface area contributed by atoms with Gasteiger partial charge in [0.15, 0.2) is 0 Å². The largest absolute Gasteiger partial charge is 0.456 e. The highest BCUT2D eigenvalue weighted by Crippen LogP contribution is 2.44. The van der Waals surface area contributed by atoms with Gasteiger partial charge in [0.25, 0.3) is 0 Å². The molecule has 5 nitrogen and oxygen atoms in total. The summed E-state index contributed by atoms with van der Waals surface area (Å²) in [5.74, 6) is 4.13. The second-order valence-corrected chi connectivity index (χ2v) is 26.8. The van der Waals surface area contributed by atoms with Crippen molar-refractivity contribution in [1.82, 2.24) is 13.7 Å². The Hall–Kier alpha value is -11.6. The van der Waals surface area contributed by atoms with Gasteiger partial charge in [0.2, 0.25) is 8.07 Å². The van der Waals surface area contributed by atoms with E-state index in [4.69, 9.17) is 8.83 Å². The number of aromatic nitrogens is 3. The van der Waals surface area contributed by atoms with Gasteiger partial charge in [0.05, 0.1) is 38.8 Å². The van der Waals surface area contributed by atoms with Gasteiger partial charge in [-0.05, 0) is 113 Å². The van der Waals surface area contributed by atoms with Gasteiger partial charge in [-0.3, -0.25) is 0 Å². The van der Waals surface area contributed by atoms with Gasteiger partial charge >= 0.3 is 0 Å². The van der Waals surface area contributed by atoms with Crippen LogP contribution in [0.4, 0.5) is 0 Å². The number of hydrogen-bond acceptors (Lipinski definition) is 2. The molecule has 0 bridgehead atoms. The van der Waals surface area contributed by atoms with Gasteiger partial charge < -0.3 is 22.5 Å². The molecule has 0 saturated heterocycles. The summed E-state index contributed by atoms with van der Waals surface area (Å²) in [4.78, 5) is 0. The summed E-state index contributed by atoms with van der Waals surface area (Å²) in [6, 6.07) is 109. The number of hydrogen-bond donors (Lipinski definition) is 0. The molecular formula is C82H49N3O2Si. The first-order valence-corrected chi connectivity index (χ1v) is 32.1. The van der Waals surface area contributed by atoms with Crippen molar-refractivity contribution in [2.45, 2.75) is 0 Å². The lowest BCUT2D eigenvalue weighted by Crippen LogP contribution is -2.66. The van der Waals surface area contributed by atoms with Gasteiger partial charge in [-0.15, -0.1) is 5.54 Å². The van der Waals surface area contributed by atoms with E-state index in [9.17, 15) is 0 Å². The van der Waals surface area contributed by atoms with E-state index in [0.717, 1.165) is 110 Å². The first-order valence-electron chi connectivity index (χ1n) is 30.1. The lowest BCUT2D eigenvalue weighted by Gasteiger charge is -2.28. The predicted octanol–water partition coefficient (Wildman–Crippen LogP) is 19.1. The zero-order chi connectivity index (χ0) is 57.6. The summed E-state index contributed by atoms with van der Waals surface area (Å²) in [5.41, 5.74) is 19.0. The summed E-state index contributed by atoms with van der Waals surface area (Å²) in [7, 11) is -3.36. The van der Waals surface area contributed by atoms with Crippen LogP contribution in [-0.2, 0) is 0 Å². The Labute approximate surface area is 505 Å². The van der Waals surface area contributed by atoms with Gasteiger partial charge in [0, 0.05) is 92.3 Å². The fourth-order valence-corrected chi connectivity index (χ4v) is 18.7. The van der Waals surface area contributed by atoms with Crippen LogP contribution in [-0.4, -0.2) is 21.8 Å². The fraction of sp³-hybridized carbons (Fsp3) is 0. The van der Waals surface area contributed by atoms with Crippen LogP contribution in [0.3, 0.4) is 0 Å². The molecule has 0 unspecified atom stereocenters. The van der Waals surface area contributed by atoms with Crippen molar-refractivity contribution in [2.24, 2.45) is 0 Å². The smallest absolute Gasteiger partial charge is 0.230 e. The topological polar surface area (TPSA) is 41.1 Å². The maximum Gasteiger partial charge on any atom is 0.230 e. The normalized spacial score (nSPS) is 12.2. The molecular weight excluding hydrogens is 1090 g/mol. The molecule has 0 spiro atoms. The monoisotopic (exact) mass is 1140 g/mol. The van der Waals surface area contributed by atoms with Crippen LogP contribution in [0.5, 0.6) is 0 Å². The third-order valence-corrected chi connectivity index (χ3v) is 22.8. The average Bonchev–Trinajstić information content (AvgIpc) is 1.65. The zero-order valence-corrected chi connectivity index (χ0v) is 48.4. The molecule has 0 fully saturated rings. The summed E-state index contributed by atoms with van der Waals surface area (Å²) >= 11 is 0. The molecule has 19 aromatic rings. The first kappa shape index (κ1) is 48.7. The quantitative estimate of drug-likeness (QED) is 0.0720. The SMILES string of the molecule is C(#C[Si](c1ccccc1)(c1ccc2oc3ccccc3c2c1)c1ccc2oc3ccccc3c2c1)c1c2ccccc2c(-n2c3ccc(-n4c5ccccc5c5ccccc54)cc3c3cc(-n4c5ccccc5c5ccccc54)ccc32)c2ccccc12. The Morgan fingerprint density at radius 3 is 1.03 bits per heavy atom. The second kappa shape index (κ2) is 18.7. The van der Waals surface area contributed by atoms with Crippen molar-refractivity contribution in [3.8, 4) is 28.5 Å². The van der Waals surface area contributed by atoms with Crippen LogP contribution < -0.4 is 15.6 Å². The summed E-state index contributed by atoms with van der Waals surface area (Å²) < 4.78 is 20.4. The van der Waals surface area contributed by atoms with Crippen LogP contribution in [0, 0.1) is 11.5 Å². The van der Waals surface area contributed by atoms with Gasteiger partial charge in [0.1, 0.15) is 22.3 Å². The Kier molecular flexibility index (Phi) is 10.3. The zero-order valence-electron chi connectivity index (χ0n) is 47.4.